The van der Waals surface area contributed by atoms with Gasteiger partial charge in [0.1, 0.15) is 0 Å². The average Bonchev–Trinajstić information content (AvgIpc) is 2.78. The summed E-state index contributed by atoms with van der Waals surface area (Å²) in [7, 11) is 0. The summed E-state index contributed by atoms with van der Waals surface area (Å²) < 4.78 is 12.3. The molecule has 0 aromatic heterocycles. The summed E-state index contributed by atoms with van der Waals surface area (Å²) >= 11 is -0.940. The predicted molar refractivity (Wildman–Crippen MR) is 64.8 cm³/mol. The van der Waals surface area contributed by atoms with E-state index in [0.717, 1.165) is 9.67 Å². The molecule has 84 valence electrons. The van der Waals surface area contributed by atoms with Crippen molar-refractivity contribution in [2.24, 2.45) is 0 Å². The van der Waals surface area contributed by atoms with Crippen LogP contribution in [0.15, 0.2) is 60.7 Å². The van der Waals surface area contributed by atoms with E-state index in [9.17, 15) is 3.57 Å². The molecule has 0 N–H and O–H groups in total. The van der Waals surface area contributed by atoms with Gasteiger partial charge in [-0.1, -0.05) is 0 Å². The third-order valence-electron chi connectivity index (χ3n) is 2.90. The zero-order chi connectivity index (χ0) is 11.7. The monoisotopic (exact) mass is 308 g/mol. The molecule has 0 aliphatic heterocycles. The second-order valence-electron chi connectivity index (χ2n) is 3.88. The summed E-state index contributed by atoms with van der Waals surface area (Å²) in [5, 5.41) is 0. The third kappa shape index (κ3) is 1.79. The molecule has 17 heavy (non-hydrogen) atoms. The van der Waals surface area contributed by atoms with Crippen molar-refractivity contribution in [3.63, 3.8) is 0 Å². The maximum absolute atomic E-state index is 11.3. The summed E-state index contributed by atoms with van der Waals surface area (Å²) in [6.45, 7) is 0. The molecule has 3 rings (SSSR count). The molecular weight excluding hydrogens is 297 g/mol. The van der Waals surface area contributed by atoms with E-state index in [0.29, 0.717) is 0 Å². The van der Waals surface area contributed by atoms with Gasteiger partial charge in [-0.05, 0) is 0 Å². The van der Waals surface area contributed by atoms with Crippen LogP contribution >= 0.6 is 0 Å². The van der Waals surface area contributed by atoms with Crippen molar-refractivity contribution >= 4 is 9.68 Å². The minimum absolute atomic E-state index is 0.940. The Morgan fingerprint density at radius 3 is 2.12 bits per heavy atom. The van der Waals surface area contributed by atoms with E-state index in [1.165, 1.54) is 16.7 Å². The summed E-state index contributed by atoms with van der Waals surface area (Å²) in [4.78, 5) is 0. The average molecular weight is 307 g/mol. The first-order valence-electron chi connectivity index (χ1n) is 5.39. The van der Waals surface area contributed by atoms with Crippen LogP contribution in [0, 0.1) is 0 Å². The molecule has 0 fully saturated rings. The Hall–Kier alpha value is -1.53. The molecule has 0 amide bonds. The fourth-order valence-corrected chi connectivity index (χ4v) is 3.04. The fourth-order valence-electron chi connectivity index (χ4n) is 2.12. The number of hydrogen-bond donors (Lipinski definition) is 0. The molecule has 0 spiro atoms. The van der Waals surface area contributed by atoms with Crippen molar-refractivity contribution < 1.29 is 20.2 Å². The Labute approximate surface area is 107 Å². The van der Waals surface area contributed by atoms with Crippen LogP contribution in [0.4, 0.5) is 0 Å². The van der Waals surface area contributed by atoms with Crippen LogP contribution in [0.3, 0.4) is 0 Å². The van der Waals surface area contributed by atoms with Gasteiger partial charge in [-0.3, -0.25) is 0 Å². The maximum atomic E-state index is 11.3. The van der Waals surface area contributed by atoms with Gasteiger partial charge in [0, 0.05) is 0 Å². The molecule has 2 aromatic carbocycles. The zero-order valence-electron chi connectivity index (χ0n) is 9.04. The topological polar surface area (TPSA) is 17.1 Å². The van der Waals surface area contributed by atoms with Crippen molar-refractivity contribution in [1.29, 1.82) is 0 Å². The first-order chi connectivity index (χ1) is 8.40. The molecule has 0 saturated carbocycles. The second kappa shape index (κ2) is 4.39. The molecule has 0 unspecified atom stereocenters. The minimum atomic E-state index is -0.940. The van der Waals surface area contributed by atoms with Crippen molar-refractivity contribution in [2.45, 2.75) is 0 Å². The van der Waals surface area contributed by atoms with E-state index < -0.39 is 16.6 Å². The first kappa shape index (κ1) is 10.6. The van der Waals surface area contributed by atoms with Crippen LogP contribution in [0.5, 0.6) is 0 Å². The summed E-state index contributed by atoms with van der Waals surface area (Å²) in [5.41, 5.74) is 4.68. The number of hydrogen-bond acceptors (Lipinski definition) is 1. The summed E-state index contributed by atoms with van der Waals surface area (Å²) in [6.07, 6.45) is 2.06. The Kier molecular flexibility index (Phi) is 2.74. The molecule has 2 aromatic rings. The van der Waals surface area contributed by atoms with Gasteiger partial charge < -0.3 is 0 Å². The number of allylic oxidation sites excluding steroid dienone is 1. The van der Waals surface area contributed by atoms with Gasteiger partial charge in [0.25, 0.3) is 0 Å². The fraction of sp³-hybridized carbons (Fsp3) is 0. The molecule has 1 aliphatic carbocycles. The molecular formula is C15H10ORu. The Balaban J connectivity index is 2.24. The van der Waals surface area contributed by atoms with Crippen molar-refractivity contribution in [3.05, 3.63) is 77.4 Å². The number of fused-ring (bicyclic) bond motifs is 1. The summed E-state index contributed by atoms with van der Waals surface area (Å²) in [6, 6.07) is 18.4. The van der Waals surface area contributed by atoms with Crippen LogP contribution in [0.2, 0.25) is 0 Å². The summed E-state index contributed by atoms with van der Waals surface area (Å²) in [5.74, 6) is 0. The van der Waals surface area contributed by atoms with Gasteiger partial charge in [0.15, 0.2) is 0 Å². The predicted octanol–water partition coefficient (Wildman–Crippen LogP) is 3.08. The van der Waals surface area contributed by atoms with E-state index >= 15 is 0 Å². The molecule has 0 atom stereocenters. The molecule has 0 heterocycles. The SMILES string of the molecule is [O]=[Ru]=[C]1C=C(c2ccccc2)c2ccccc21. The molecule has 0 saturated heterocycles. The van der Waals surface area contributed by atoms with Crippen molar-refractivity contribution in [3.8, 4) is 0 Å². The van der Waals surface area contributed by atoms with Gasteiger partial charge in [-0.2, -0.15) is 0 Å². The Morgan fingerprint density at radius 1 is 0.765 bits per heavy atom. The number of benzene rings is 2. The molecule has 0 bridgehead atoms. The number of rotatable bonds is 1. The van der Waals surface area contributed by atoms with E-state index in [4.69, 9.17) is 0 Å². The Bertz CT molecular complexity index is 650. The van der Waals surface area contributed by atoms with Crippen LogP contribution in [-0.2, 0) is 20.2 Å². The van der Waals surface area contributed by atoms with Gasteiger partial charge >= 0.3 is 107 Å². The van der Waals surface area contributed by atoms with Crippen LogP contribution in [0.1, 0.15) is 16.7 Å². The van der Waals surface area contributed by atoms with Crippen LogP contribution in [0.25, 0.3) is 5.57 Å². The normalized spacial score (nSPS) is 13.4. The Morgan fingerprint density at radius 2 is 1.41 bits per heavy atom. The first-order valence-corrected chi connectivity index (χ1v) is 6.97. The van der Waals surface area contributed by atoms with Gasteiger partial charge in [-0.25, -0.2) is 0 Å². The van der Waals surface area contributed by atoms with E-state index in [-0.39, 0.29) is 0 Å². The standard InChI is InChI=1S/C15H10.O.Ru/c1-2-6-12(7-3-1)15-11-10-13-8-4-5-9-14(13)15;;/h1-9,11H;;. The van der Waals surface area contributed by atoms with Gasteiger partial charge in [-0.15, -0.1) is 0 Å². The van der Waals surface area contributed by atoms with Crippen molar-refractivity contribution in [1.82, 2.24) is 0 Å². The zero-order valence-corrected chi connectivity index (χ0v) is 10.8. The van der Waals surface area contributed by atoms with Gasteiger partial charge in [0.05, 0.1) is 0 Å². The van der Waals surface area contributed by atoms with Crippen molar-refractivity contribution in [2.75, 3.05) is 0 Å². The van der Waals surface area contributed by atoms with Gasteiger partial charge in [0.2, 0.25) is 0 Å². The second-order valence-corrected chi connectivity index (χ2v) is 5.17. The van der Waals surface area contributed by atoms with Crippen LogP contribution < -0.4 is 0 Å². The van der Waals surface area contributed by atoms with Crippen LogP contribution in [-0.4, -0.2) is 4.11 Å². The quantitative estimate of drug-likeness (QED) is 0.740. The molecule has 0 radical (unpaired) electrons. The van der Waals surface area contributed by atoms with E-state index in [1.807, 2.05) is 36.4 Å². The molecule has 1 nitrogen and oxygen atoms in total. The van der Waals surface area contributed by atoms with E-state index in [2.05, 4.69) is 24.3 Å². The molecule has 2 heteroatoms. The third-order valence-corrected chi connectivity index (χ3v) is 4.00. The van der Waals surface area contributed by atoms with E-state index in [1.54, 1.807) is 0 Å². The molecule has 1 aliphatic rings.